The van der Waals surface area contributed by atoms with Crippen LogP contribution in [0.1, 0.15) is 26.3 Å². The number of anilines is 1. The number of nitrogens with one attached hydrogen (secondary N) is 1. The Labute approximate surface area is 215 Å². The summed E-state index contributed by atoms with van der Waals surface area (Å²) in [7, 11) is 1.31. The minimum Gasteiger partial charge on any atom is -0.465 e. The Kier molecular flexibility index (Phi) is 6.42. The molecule has 9 heteroatoms. The van der Waals surface area contributed by atoms with Crippen molar-refractivity contribution in [2.75, 3.05) is 12.4 Å². The second-order valence-corrected chi connectivity index (χ2v) is 8.43. The van der Waals surface area contributed by atoms with E-state index in [1.54, 1.807) is 71.3 Å². The first-order chi connectivity index (χ1) is 18.2. The number of carbonyl (C=O) groups is 2. The van der Waals surface area contributed by atoms with Gasteiger partial charge >= 0.3 is 12.1 Å². The van der Waals surface area contributed by atoms with Crippen LogP contribution in [-0.4, -0.2) is 28.5 Å². The number of amides is 1. The fourth-order valence-electron chi connectivity index (χ4n) is 4.10. The molecule has 0 fully saturated rings. The highest BCUT2D eigenvalue weighted by molar-refractivity contribution is 6.05. The molecule has 1 N–H and O–H groups in total. The topological polar surface area (TPSA) is 73.2 Å². The Bertz CT molecular complexity index is 1640. The quantitative estimate of drug-likeness (QED) is 0.263. The van der Waals surface area contributed by atoms with Gasteiger partial charge in [-0.15, -0.1) is 0 Å². The van der Waals surface area contributed by atoms with Crippen molar-refractivity contribution in [1.82, 2.24) is 9.55 Å². The lowest BCUT2D eigenvalue weighted by atomic mass is 10.0. The maximum atomic E-state index is 13.5. The minimum atomic E-state index is -4.58. The minimum absolute atomic E-state index is 0.00421. The number of alkyl halides is 3. The van der Waals surface area contributed by atoms with E-state index < -0.39 is 23.6 Å². The first kappa shape index (κ1) is 24.8. The normalized spacial score (nSPS) is 11.4. The highest BCUT2D eigenvalue weighted by Crippen LogP contribution is 2.34. The largest absolute Gasteiger partial charge is 0.465 e. The predicted octanol–water partition coefficient (Wildman–Crippen LogP) is 6.75. The fourth-order valence-corrected chi connectivity index (χ4v) is 4.10. The number of para-hydroxylation sites is 2. The molecule has 190 valence electrons. The molecule has 0 aliphatic rings. The molecule has 0 saturated heterocycles. The number of aromatic nitrogens is 2. The molecule has 1 heterocycles. The number of benzene rings is 4. The lowest BCUT2D eigenvalue weighted by Gasteiger charge is -2.16. The Balaban J connectivity index is 1.44. The van der Waals surface area contributed by atoms with E-state index in [2.05, 4.69) is 10.3 Å². The third-order valence-electron chi connectivity index (χ3n) is 6.07. The highest BCUT2D eigenvalue weighted by Gasteiger charge is 2.31. The summed E-state index contributed by atoms with van der Waals surface area (Å²) in [6.45, 7) is 0. The lowest BCUT2D eigenvalue weighted by molar-refractivity contribution is -0.137. The van der Waals surface area contributed by atoms with Crippen LogP contribution in [0, 0.1) is 0 Å². The van der Waals surface area contributed by atoms with E-state index in [4.69, 9.17) is 4.74 Å². The average Bonchev–Trinajstić information content (AvgIpc) is 3.36. The molecule has 1 aromatic heterocycles. The van der Waals surface area contributed by atoms with Crippen molar-refractivity contribution >= 4 is 28.6 Å². The number of carbonyl (C=O) groups excluding carboxylic acids is 2. The monoisotopic (exact) mass is 515 g/mol. The van der Waals surface area contributed by atoms with Gasteiger partial charge < -0.3 is 10.1 Å². The van der Waals surface area contributed by atoms with Gasteiger partial charge in [-0.1, -0.05) is 36.4 Å². The van der Waals surface area contributed by atoms with Gasteiger partial charge in [-0.05, 0) is 65.7 Å². The molecule has 5 rings (SSSR count). The first-order valence-corrected chi connectivity index (χ1v) is 11.5. The smallest absolute Gasteiger partial charge is 0.416 e. The summed E-state index contributed by atoms with van der Waals surface area (Å²) in [5.41, 5.74) is 3.10. The predicted molar refractivity (Wildman–Crippen MR) is 137 cm³/mol. The van der Waals surface area contributed by atoms with E-state index in [0.717, 1.165) is 23.3 Å². The molecule has 0 bridgehead atoms. The second kappa shape index (κ2) is 9.85. The van der Waals surface area contributed by atoms with Crippen LogP contribution in [0.2, 0.25) is 0 Å². The third-order valence-corrected chi connectivity index (χ3v) is 6.07. The number of imidazole rings is 1. The molecular weight excluding hydrogens is 495 g/mol. The van der Waals surface area contributed by atoms with Crippen LogP contribution < -0.4 is 5.32 Å². The summed E-state index contributed by atoms with van der Waals surface area (Å²) in [6.07, 6.45) is -3.08. The number of ether oxygens (including phenoxy) is 1. The van der Waals surface area contributed by atoms with Gasteiger partial charge in [0.2, 0.25) is 0 Å². The van der Waals surface area contributed by atoms with Crippen molar-refractivity contribution in [3.05, 3.63) is 114 Å². The number of rotatable bonds is 5. The summed E-state index contributed by atoms with van der Waals surface area (Å²) in [4.78, 5) is 29.0. The molecule has 0 aliphatic heterocycles. The van der Waals surface area contributed by atoms with Crippen LogP contribution in [-0.2, 0) is 10.9 Å². The summed E-state index contributed by atoms with van der Waals surface area (Å²) in [6, 6.07) is 23.8. The van der Waals surface area contributed by atoms with Gasteiger partial charge in [0, 0.05) is 5.56 Å². The maximum absolute atomic E-state index is 13.5. The van der Waals surface area contributed by atoms with Crippen LogP contribution >= 0.6 is 0 Å². The number of fused-ring (bicyclic) bond motifs is 1. The molecule has 0 atom stereocenters. The van der Waals surface area contributed by atoms with Gasteiger partial charge in [0.1, 0.15) is 6.33 Å². The lowest BCUT2D eigenvalue weighted by Crippen LogP contribution is -2.15. The Morgan fingerprint density at radius 3 is 2.11 bits per heavy atom. The van der Waals surface area contributed by atoms with Gasteiger partial charge in [-0.25, -0.2) is 9.78 Å². The molecule has 0 aliphatic carbocycles. The second-order valence-electron chi connectivity index (χ2n) is 8.43. The molecule has 6 nitrogen and oxygen atoms in total. The van der Waals surface area contributed by atoms with Crippen LogP contribution in [0.4, 0.5) is 18.9 Å². The van der Waals surface area contributed by atoms with Gasteiger partial charge in [-0.3, -0.25) is 9.36 Å². The van der Waals surface area contributed by atoms with E-state index in [9.17, 15) is 22.8 Å². The Morgan fingerprint density at radius 1 is 0.842 bits per heavy atom. The molecule has 0 spiro atoms. The summed E-state index contributed by atoms with van der Waals surface area (Å²) >= 11 is 0. The molecule has 1 amide bonds. The number of methoxy groups -OCH3 is 1. The zero-order valence-corrected chi connectivity index (χ0v) is 20.0. The van der Waals surface area contributed by atoms with Crippen molar-refractivity contribution in [3.8, 4) is 16.8 Å². The fraction of sp³-hybridized carbons (Fsp3) is 0.0690. The number of esters is 1. The van der Waals surface area contributed by atoms with Crippen molar-refractivity contribution in [3.63, 3.8) is 0 Å². The molecular formula is C29H20F3N3O3. The average molecular weight is 515 g/mol. The molecule has 38 heavy (non-hydrogen) atoms. The van der Waals surface area contributed by atoms with Crippen LogP contribution in [0.5, 0.6) is 0 Å². The zero-order chi connectivity index (χ0) is 26.9. The Morgan fingerprint density at radius 2 is 1.47 bits per heavy atom. The van der Waals surface area contributed by atoms with E-state index in [-0.39, 0.29) is 11.3 Å². The van der Waals surface area contributed by atoms with Crippen LogP contribution in [0.15, 0.2) is 97.3 Å². The van der Waals surface area contributed by atoms with Crippen LogP contribution in [0.25, 0.3) is 27.8 Å². The zero-order valence-electron chi connectivity index (χ0n) is 20.0. The molecule has 0 radical (unpaired) electrons. The van der Waals surface area contributed by atoms with E-state index in [1.165, 1.54) is 19.5 Å². The number of hydrogen-bond acceptors (Lipinski definition) is 4. The number of hydrogen-bond donors (Lipinski definition) is 1. The van der Waals surface area contributed by atoms with Gasteiger partial charge in [0.15, 0.2) is 0 Å². The van der Waals surface area contributed by atoms with Gasteiger partial charge in [0.25, 0.3) is 5.91 Å². The highest BCUT2D eigenvalue weighted by atomic mass is 19.4. The van der Waals surface area contributed by atoms with E-state index in [1.807, 2.05) is 6.07 Å². The van der Waals surface area contributed by atoms with E-state index >= 15 is 0 Å². The third kappa shape index (κ3) is 4.86. The molecule has 0 unspecified atom stereocenters. The first-order valence-electron chi connectivity index (χ1n) is 11.5. The van der Waals surface area contributed by atoms with Crippen molar-refractivity contribution in [2.24, 2.45) is 0 Å². The Hall–Kier alpha value is -4.92. The summed E-state index contributed by atoms with van der Waals surface area (Å²) in [5, 5.41) is 2.64. The molecule has 5 aromatic rings. The SMILES string of the molecule is COC(=O)c1ccc(-c2ccc(C(=O)Nc3cc(C(F)(F)F)ccc3-n3cnc4ccccc43)cc2)cc1. The van der Waals surface area contributed by atoms with Gasteiger partial charge in [0.05, 0.1) is 40.6 Å². The van der Waals surface area contributed by atoms with Crippen LogP contribution in [0.3, 0.4) is 0 Å². The molecule has 0 saturated carbocycles. The maximum Gasteiger partial charge on any atom is 0.416 e. The molecule has 4 aromatic carbocycles. The summed E-state index contributed by atoms with van der Waals surface area (Å²) in [5.74, 6) is -1.01. The number of nitrogens with zero attached hydrogens (tertiary/aromatic N) is 2. The van der Waals surface area contributed by atoms with Crippen molar-refractivity contribution < 1.29 is 27.5 Å². The van der Waals surface area contributed by atoms with E-state index in [0.29, 0.717) is 22.3 Å². The van der Waals surface area contributed by atoms with Crippen molar-refractivity contribution in [2.45, 2.75) is 6.18 Å². The van der Waals surface area contributed by atoms with Gasteiger partial charge in [-0.2, -0.15) is 13.2 Å². The van der Waals surface area contributed by atoms with Crippen molar-refractivity contribution in [1.29, 1.82) is 0 Å². The number of halogens is 3. The summed E-state index contributed by atoms with van der Waals surface area (Å²) < 4.78 is 46.8. The standard InChI is InChI=1S/C29H20F3N3O3/c1-38-28(37)21-12-8-19(9-13-21)18-6-10-20(11-7-18)27(36)34-24-16-22(29(30,31)32)14-15-26(24)35-17-33-23-4-2-3-5-25(23)35/h2-17H,1H3,(H,34,36).